The summed E-state index contributed by atoms with van der Waals surface area (Å²) in [4.78, 5) is 18.2. The highest BCUT2D eigenvalue weighted by molar-refractivity contribution is 5.76. The lowest BCUT2D eigenvalue weighted by molar-refractivity contribution is -0.0396. The van der Waals surface area contributed by atoms with E-state index in [2.05, 4.69) is 24.3 Å². The van der Waals surface area contributed by atoms with Gasteiger partial charge >= 0.3 is 6.03 Å². The van der Waals surface area contributed by atoms with E-state index in [0.717, 1.165) is 36.8 Å². The van der Waals surface area contributed by atoms with E-state index >= 15 is 0 Å². The van der Waals surface area contributed by atoms with E-state index in [-0.39, 0.29) is 6.03 Å². The van der Waals surface area contributed by atoms with Crippen LogP contribution in [0.25, 0.3) is 0 Å². The Morgan fingerprint density at radius 1 is 0.476 bits per heavy atom. The van der Waals surface area contributed by atoms with Crippen LogP contribution in [-0.4, -0.2) is 63.4 Å². The number of rotatable bonds is 12. The molecule has 1 aliphatic heterocycles. The van der Waals surface area contributed by atoms with Gasteiger partial charge in [-0.05, 0) is 60.8 Å². The first-order valence-electron chi connectivity index (χ1n) is 15.2. The zero-order chi connectivity index (χ0) is 29.1. The molecule has 4 aromatic carbocycles. The van der Waals surface area contributed by atoms with Gasteiger partial charge in [-0.25, -0.2) is 4.79 Å². The topological polar surface area (TPSA) is 64.0 Å². The number of aliphatic hydroxyl groups is 2. The molecule has 1 fully saturated rings. The monoisotopic (exact) mass is 562 g/mol. The molecular formula is C37H42N2O3. The van der Waals surface area contributed by atoms with Crippen LogP contribution in [0.1, 0.15) is 35.1 Å². The van der Waals surface area contributed by atoms with Gasteiger partial charge in [0.05, 0.1) is 12.1 Å². The molecular weight excluding hydrogens is 520 g/mol. The highest BCUT2D eigenvalue weighted by Crippen LogP contribution is 2.28. The minimum atomic E-state index is -1.08. The molecule has 0 radical (unpaired) electrons. The van der Waals surface area contributed by atoms with Gasteiger partial charge < -0.3 is 20.0 Å². The lowest BCUT2D eigenvalue weighted by atomic mass is 9.91. The third kappa shape index (κ3) is 7.67. The van der Waals surface area contributed by atoms with E-state index in [4.69, 9.17) is 0 Å². The van der Waals surface area contributed by atoms with Crippen LogP contribution in [0.15, 0.2) is 121 Å². The summed E-state index contributed by atoms with van der Waals surface area (Å²) in [5.74, 6) is 0. The Bertz CT molecular complexity index is 1250. The minimum absolute atomic E-state index is 0.103. The molecule has 0 unspecified atom stereocenters. The molecule has 0 aromatic heterocycles. The molecule has 5 nitrogen and oxygen atoms in total. The first kappa shape index (κ1) is 29.6. The lowest BCUT2D eigenvalue weighted by Crippen LogP contribution is -2.51. The molecule has 5 rings (SSSR count). The van der Waals surface area contributed by atoms with Gasteiger partial charge in [0.1, 0.15) is 12.2 Å². The van der Waals surface area contributed by atoms with Crippen molar-refractivity contribution in [3.05, 3.63) is 144 Å². The maximum absolute atomic E-state index is 14.6. The molecule has 4 atom stereocenters. The Morgan fingerprint density at radius 3 is 1.12 bits per heavy atom. The number of benzene rings is 4. The molecule has 0 aliphatic carbocycles. The number of aryl methyl sites for hydroxylation is 2. The molecule has 5 heteroatoms. The summed E-state index contributed by atoms with van der Waals surface area (Å²) in [7, 11) is 0. The Kier molecular flexibility index (Phi) is 10.4. The molecule has 0 saturated carbocycles. The molecule has 1 saturated heterocycles. The zero-order valence-electron chi connectivity index (χ0n) is 24.2. The zero-order valence-corrected chi connectivity index (χ0v) is 24.2. The number of amides is 2. The number of carbonyl (C=O) groups excluding carboxylic acids is 1. The van der Waals surface area contributed by atoms with Crippen molar-refractivity contribution in [1.82, 2.24) is 9.80 Å². The van der Waals surface area contributed by atoms with E-state index in [1.54, 1.807) is 0 Å². The number of aliphatic hydroxyl groups excluding tert-OH is 2. The maximum Gasteiger partial charge on any atom is 0.320 e. The summed E-state index contributed by atoms with van der Waals surface area (Å²) in [6.45, 7) is 1.00. The molecule has 42 heavy (non-hydrogen) atoms. The van der Waals surface area contributed by atoms with Gasteiger partial charge in [-0.3, -0.25) is 0 Å². The third-order valence-electron chi connectivity index (χ3n) is 8.42. The second-order valence-electron chi connectivity index (χ2n) is 11.3. The van der Waals surface area contributed by atoms with Gasteiger partial charge in [0.2, 0.25) is 0 Å². The minimum Gasteiger partial charge on any atom is -0.388 e. The van der Waals surface area contributed by atoms with Crippen molar-refractivity contribution in [2.24, 2.45) is 0 Å². The summed E-state index contributed by atoms with van der Waals surface area (Å²) in [5, 5.41) is 23.6. The normalized spacial score (nSPS) is 20.9. The number of hydrogen-bond acceptors (Lipinski definition) is 3. The van der Waals surface area contributed by atoms with E-state index in [1.807, 2.05) is 107 Å². The van der Waals surface area contributed by atoms with E-state index < -0.39 is 24.3 Å². The molecule has 2 amide bonds. The third-order valence-corrected chi connectivity index (χ3v) is 8.42. The van der Waals surface area contributed by atoms with Crippen LogP contribution in [0.3, 0.4) is 0 Å². The molecule has 2 N–H and O–H groups in total. The highest BCUT2D eigenvalue weighted by Gasteiger charge is 2.45. The van der Waals surface area contributed by atoms with Crippen LogP contribution in [0.5, 0.6) is 0 Å². The number of carbonyl (C=O) groups is 1. The van der Waals surface area contributed by atoms with Gasteiger partial charge in [0.15, 0.2) is 0 Å². The molecule has 4 aromatic rings. The first-order valence-corrected chi connectivity index (χ1v) is 15.2. The fraction of sp³-hybridized carbons (Fsp3) is 0.324. The van der Waals surface area contributed by atoms with Gasteiger partial charge in [-0.15, -0.1) is 0 Å². The smallest absolute Gasteiger partial charge is 0.320 e. The van der Waals surface area contributed by atoms with Gasteiger partial charge in [-0.1, -0.05) is 121 Å². The van der Waals surface area contributed by atoms with Gasteiger partial charge in [-0.2, -0.15) is 0 Å². The Morgan fingerprint density at radius 2 is 0.786 bits per heavy atom. The molecule has 1 heterocycles. The van der Waals surface area contributed by atoms with Crippen LogP contribution in [-0.2, 0) is 25.7 Å². The average Bonchev–Trinajstić information content (AvgIpc) is 3.10. The van der Waals surface area contributed by atoms with E-state index in [9.17, 15) is 15.0 Å². The maximum atomic E-state index is 14.6. The van der Waals surface area contributed by atoms with Crippen molar-refractivity contribution >= 4 is 6.03 Å². The molecule has 0 bridgehead atoms. The first-order chi connectivity index (χ1) is 20.6. The van der Waals surface area contributed by atoms with Crippen LogP contribution in [0.4, 0.5) is 4.79 Å². The summed E-state index contributed by atoms with van der Waals surface area (Å²) in [6, 6.07) is 39.3. The predicted molar refractivity (Wildman–Crippen MR) is 168 cm³/mol. The largest absolute Gasteiger partial charge is 0.388 e. The second kappa shape index (κ2) is 14.8. The van der Waals surface area contributed by atoms with Crippen molar-refractivity contribution in [1.29, 1.82) is 0 Å². The van der Waals surface area contributed by atoms with Crippen molar-refractivity contribution in [3.63, 3.8) is 0 Å². The molecule has 0 spiro atoms. The van der Waals surface area contributed by atoms with E-state index in [0.29, 0.717) is 25.9 Å². The predicted octanol–water partition coefficient (Wildman–Crippen LogP) is 5.93. The summed E-state index contributed by atoms with van der Waals surface area (Å²) < 4.78 is 0. The van der Waals surface area contributed by atoms with E-state index in [1.165, 1.54) is 11.1 Å². The van der Waals surface area contributed by atoms with Crippen molar-refractivity contribution in [2.75, 3.05) is 13.1 Å². The van der Waals surface area contributed by atoms with Crippen LogP contribution in [0, 0.1) is 0 Å². The lowest BCUT2D eigenvalue weighted by Gasteiger charge is -2.36. The van der Waals surface area contributed by atoms with Crippen LogP contribution >= 0.6 is 0 Å². The molecule has 218 valence electrons. The highest BCUT2D eigenvalue weighted by atomic mass is 16.3. The summed E-state index contributed by atoms with van der Waals surface area (Å²) in [5.41, 5.74) is 4.52. The summed E-state index contributed by atoms with van der Waals surface area (Å²) >= 11 is 0. The van der Waals surface area contributed by atoms with Crippen LogP contribution < -0.4 is 0 Å². The quantitative estimate of drug-likeness (QED) is 0.225. The fourth-order valence-electron chi connectivity index (χ4n) is 6.17. The SMILES string of the molecule is O=C1N(CCCc2ccccc2)[C@H](Cc2ccccc2)[C@H](O)[C@@H](O)[C@@H](Cc2ccccc2)N1CCCc1ccccc1. The van der Waals surface area contributed by atoms with Gasteiger partial charge in [0.25, 0.3) is 0 Å². The Balaban J connectivity index is 1.44. The summed E-state index contributed by atoms with van der Waals surface area (Å²) in [6.07, 6.45) is 2.00. The number of urea groups is 1. The van der Waals surface area contributed by atoms with Crippen molar-refractivity contribution < 1.29 is 15.0 Å². The van der Waals surface area contributed by atoms with Crippen molar-refractivity contribution in [3.8, 4) is 0 Å². The average molecular weight is 563 g/mol. The number of nitrogens with zero attached hydrogens (tertiary/aromatic N) is 2. The Labute approximate surface area is 250 Å². The van der Waals surface area contributed by atoms with Crippen LogP contribution in [0.2, 0.25) is 0 Å². The number of hydrogen-bond donors (Lipinski definition) is 2. The Hall–Kier alpha value is -3.93. The fourth-order valence-corrected chi connectivity index (χ4v) is 6.17. The molecule has 1 aliphatic rings. The van der Waals surface area contributed by atoms with Gasteiger partial charge in [0, 0.05) is 13.1 Å². The van der Waals surface area contributed by atoms with Crippen molar-refractivity contribution in [2.45, 2.75) is 62.8 Å². The standard InChI is InChI=1S/C37H42N2O3/c40-35-33(27-31-19-9-3-10-20-31)38(25-13-23-29-15-5-1-6-16-29)37(42)39(26-14-24-30-17-7-2-8-18-30)34(36(35)41)28-32-21-11-4-12-22-32/h1-12,15-22,33-36,40-41H,13-14,23-28H2/t33-,34-,35+,36+/m1/s1. The second-order valence-corrected chi connectivity index (χ2v) is 11.3.